The van der Waals surface area contributed by atoms with Gasteiger partial charge in [0.15, 0.2) is 0 Å². The van der Waals surface area contributed by atoms with Crippen molar-refractivity contribution in [2.75, 3.05) is 13.2 Å². The van der Waals surface area contributed by atoms with Gasteiger partial charge in [-0.1, -0.05) is 0 Å². The van der Waals surface area contributed by atoms with Crippen molar-refractivity contribution in [3.05, 3.63) is 0 Å². The lowest BCUT2D eigenvalue weighted by Crippen LogP contribution is -2.50. The maximum absolute atomic E-state index is 11.9. The van der Waals surface area contributed by atoms with E-state index >= 15 is 0 Å². The number of primary amides is 1. The molecule has 0 rings (SSSR count). The Bertz CT molecular complexity index is 317. The van der Waals surface area contributed by atoms with Crippen LogP contribution >= 0.6 is 0 Å². The number of ether oxygens (including phenoxy) is 1. The molecular weight excluding hydrogens is 238 g/mol. The molecule has 0 aromatic carbocycles. The standard InChI is InChI=1S/C11H21N3O4/c1-4-18-10(16)6-14(7(2)3)11(17)8(12)5-9(13)15/h7-8H,4-6,12H2,1-3H3,(H2,13,15). The zero-order chi connectivity index (χ0) is 14.3. The first-order chi connectivity index (χ1) is 8.29. The molecule has 0 radical (unpaired) electrons. The number of carbonyl (C=O) groups is 3. The number of hydrogen-bond donors (Lipinski definition) is 2. The molecule has 1 atom stereocenters. The Labute approximate surface area is 106 Å². The van der Waals surface area contributed by atoms with E-state index in [9.17, 15) is 14.4 Å². The Balaban J connectivity index is 4.63. The maximum Gasteiger partial charge on any atom is 0.325 e. The van der Waals surface area contributed by atoms with E-state index in [0.29, 0.717) is 0 Å². The average molecular weight is 259 g/mol. The fraction of sp³-hybridized carbons (Fsp3) is 0.727. The van der Waals surface area contributed by atoms with Gasteiger partial charge in [0.1, 0.15) is 6.54 Å². The first-order valence-corrected chi connectivity index (χ1v) is 5.79. The minimum Gasteiger partial charge on any atom is -0.465 e. The highest BCUT2D eigenvalue weighted by Crippen LogP contribution is 2.04. The van der Waals surface area contributed by atoms with Crippen LogP contribution in [0.25, 0.3) is 0 Å². The number of hydrogen-bond acceptors (Lipinski definition) is 5. The lowest BCUT2D eigenvalue weighted by Gasteiger charge is -2.28. The number of carbonyl (C=O) groups excluding carboxylic acids is 3. The summed E-state index contributed by atoms with van der Waals surface area (Å²) in [6.07, 6.45) is -0.245. The van der Waals surface area contributed by atoms with Crippen LogP contribution < -0.4 is 11.5 Å². The minimum atomic E-state index is -1.03. The van der Waals surface area contributed by atoms with Crippen molar-refractivity contribution in [3.63, 3.8) is 0 Å². The largest absolute Gasteiger partial charge is 0.465 e. The molecule has 0 bridgehead atoms. The number of rotatable bonds is 7. The summed E-state index contributed by atoms with van der Waals surface area (Å²) in [7, 11) is 0. The first-order valence-electron chi connectivity index (χ1n) is 5.79. The lowest BCUT2D eigenvalue weighted by atomic mass is 10.1. The Morgan fingerprint density at radius 2 is 1.83 bits per heavy atom. The summed E-state index contributed by atoms with van der Waals surface area (Å²) < 4.78 is 4.77. The SMILES string of the molecule is CCOC(=O)CN(C(=O)C(N)CC(N)=O)C(C)C. The minimum absolute atomic E-state index is 0.184. The summed E-state index contributed by atoms with van der Waals surface area (Å²) in [5.41, 5.74) is 10.5. The quantitative estimate of drug-likeness (QED) is 0.568. The Morgan fingerprint density at radius 3 is 2.22 bits per heavy atom. The molecular formula is C11H21N3O4. The van der Waals surface area contributed by atoms with E-state index in [1.807, 2.05) is 0 Å². The van der Waals surface area contributed by atoms with Gasteiger partial charge in [0, 0.05) is 6.04 Å². The van der Waals surface area contributed by atoms with Crippen molar-refractivity contribution >= 4 is 17.8 Å². The molecule has 0 heterocycles. The topological polar surface area (TPSA) is 116 Å². The van der Waals surface area contributed by atoms with Gasteiger partial charge in [-0.25, -0.2) is 0 Å². The summed E-state index contributed by atoms with van der Waals surface area (Å²) in [5.74, 6) is -1.65. The van der Waals surface area contributed by atoms with Gasteiger partial charge in [0.2, 0.25) is 11.8 Å². The second-order valence-corrected chi connectivity index (χ2v) is 4.14. The second kappa shape index (κ2) is 7.65. The molecule has 7 heteroatoms. The van der Waals surface area contributed by atoms with Crippen LogP contribution in [0.15, 0.2) is 0 Å². The molecule has 0 aliphatic carbocycles. The molecule has 0 aliphatic rings. The van der Waals surface area contributed by atoms with Gasteiger partial charge in [-0.2, -0.15) is 0 Å². The Morgan fingerprint density at radius 1 is 1.28 bits per heavy atom. The van der Waals surface area contributed by atoms with Crippen LogP contribution in [0.4, 0.5) is 0 Å². The smallest absolute Gasteiger partial charge is 0.325 e. The van der Waals surface area contributed by atoms with Gasteiger partial charge >= 0.3 is 5.97 Å². The van der Waals surface area contributed by atoms with Crippen molar-refractivity contribution in [3.8, 4) is 0 Å². The zero-order valence-electron chi connectivity index (χ0n) is 11.0. The summed E-state index contributed by atoms with van der Waals surface area (Å²) in [6, 6.07) is -1.25. The molecule has 0 fully saturated rings. The van der Waals surface area contributed by atoms with Crippen LogP contribution in [-0.4, -0.2) is 47.9 Å². The van der Waals surface area contributed by atoms with Gasteiger partial charge in [-0.3, -0.25) is 14.4 Å². The third-order valence-electron chi connectivity index (χ3n) is 2.25. The predicted octanol–water partition coefficient (Wildman–Crippen LogP) is -1.01. The van der Waals surface area contributed by atoms with E-state index in [-0.39, 0.29) is 25.6 Å². The summed E-state index contributed by atoms with van der Waals surface area (Å²) in [5, 5.41) is 0. The number of esters is 1. The third-order valence-corrected chi connectivity index (χ3v) is 2.25. The molecule has 0 saturated heterocycles. The van der Waals surface area contributed by atoms with Gasteiger partial charge in [0.05, 0.1) is 19.1 Å². The summed E-state index contributed by atoms with van der Waals surface area (Å²) in [6.45, 7) is 5.23. The van der Waals surface area contributed by atoms with Crippen LogP contribution in [0, 0.1) is 0 Å². The van der Waals surface area contributed by atoms with Crippen LogP contribution in [0.1, 0.15) is 27.2 Å². The summed E-state index contributed by atoms with van der Waals surface area (Å²) >= 11 is 0. The fourth-order valence-electron chi connectivity index (χ4n) is 1.38. The third kappa shape index (κ3) is 5.62. The number of amides is 2. The maximum atomic E-state index is 11.9. The van der Waals surface area contributed by atoms with Gasteiger partial charge in [-0.15, -0.1) is 0 Å². The van der Waals surface area contributed by atoms with E-state index in [1.165, 1.54) is 4.90 Å². The highest BCUT2D eigenvalue weighted by atomic mass is 16.5. The second-order valence-electron chi connectivity index (χ2n) is 4.14. The first kappa shape index (κ1) is 16.4. The Kier molecular flexibility index (Phi) is 6.96. The molecule has 0 spiro atoms. The molecule has 1 unspecified atom stereocenters. The molecule has 2 amide bonds. The van der Waals surface area contributed by atoms with E-state index in [2.05, 4.69) is 0 Å². The van der Waals surface area contributed by atoms with E-state index in [4.69, 9.17) is 16.2 Å². The van der Waals surface area contributed by atoms with Crippen LogP contribution in [0.3, 0.4) is 0 Å². The number of nitrogens with two attached hydrogens (primary N) is 2. The molecule has 0 aliphatic heterocycles. The van der Waals surface area contributed by atoms with Crippen LogP contribution in [0.5, 0.6) is 0 Å². The molecule has 7 nitrogen and oxygen atoms in total. The normalized spacial score (nSPS) is 12.1. The fourth-order valence-corrected chi connectivity index (χ4v) is 1.38. The molecule has 0 aromatic rings. The van der Waals surface area contributed by atoms with Crippen LogP contribution in [-0.2, 0) is 19.1 Å². The summed E-state index contributed by atoms with van der Waals surface area (Å²) in [4.78, 5) is 35.3. The van der Waals surface area contributed by atoms with Crippen molar-refractivity contribution in [1.82, 2.24) is 4.90 Å². The highest BCUT2D eigenvalue weighted by Gasteiger charge is 2.26. The van der Waals surface area contributed by atoms with Gasteiger partial charge < -0.3 is 21.1 Å². The molecule has 4 N–H and O–H groups in total. The monoisotopic (exact) mass is 259 g/mol. The van der Waals surface area contributed by atoms with Gasteiger partial charge in [0.25, 0.3) is 0 Å². The Hall–Kier alpha value is -1.63. The molecule has 0 saturated carbocycles. The highest BCUT2D eigenvalue weighted by molar-refractivity contribution is 5.89. The predicted molar refractivity (Wildman–Crippen MR) is 65.3 cm³/mol. The molecule has 18 heavy (non-hydrogen) atoms. The molecule has 104 valence electrons. The zero-order valence-corrected chi connectivity index (χ0v) is 11.0. The van der Waals surface area contributed by atoms with E-state index in [0.717, 1.165) is 0 Å². The van der Waals surface area contributed by atoms with Crippen molar-refractivity contribution in [1.29, 1.82) is 0 Å². The van der Waals surface area contributed by atoms with E-state index < -0.39 is 23.8 Å². The van der Waals surface area contributed by atoms with Crippen molar-refractivity contribution in [2.24, 2.45) is 11.5 Å². The van der Waals surface area contributed by atoms with Crippen molar-refractivity contribution in [2.45, 2.75) is 39.3 Å². The van der Waals surface area contributed by atoms with Gasteiger partial charge in [-0.05, 0) is 20.8 Å². The lowest BCUT2D eigenvalue weighted by molar-refractivity contribution is -0.150. The molecule has 0 aromatic heterocycles. The number of nitrogens with zero attached hydrogens (tertiary/aromatic N) is 1. The van der Waals surface area contributed by atoms with Crippen molar-refractivity contribution < 1.29 is 19.1 Å². The van der Waals surface area contributed by atoms with Crippen LogP contribution in [0.2, 0.25) is 0 Å². The van der Waals surface area contributed by atoms with E-state index in [1.54, 1.807) is 20.8 Å². The average Bonchev–Trinajstić information content (AvgIpc) is 2.24.